The molecule has 1 unspecified atom stereocenters. The topological polar surface area (TPSA) is 47.0 Å². The number of methoxy groups -OCH3 is 1. The van der Waals surface area contributed by atoms with E-state index < -0.39 is 0 Å². The molecule has 0 saturated heterocycles. The van der Waals surface area contributed by atoms with Gasteiger partial charge in [-0.3, -0.25) is 0 Å². The Bertz CT molecular complexity index is 502. The second-order valence-corrected chi connectivity index (χ2v) is 5.44. The largest absolute Gasteiger partial charge is 0.481 e. The smallest absolute Gasteiger partial charge is 0.216 e. The van der Waals surface area contributed by atoms with E-state index in [1.165, 1.54) is 5.56 Å². The van der Waals surface area contributed by atoms with Crippen LogP contribution in [-0.2, 0) is 6.42 Å². The molecule has 5 heteroatoms. The highest BCUT2D eigenvalue weighted by Crippen LogP contribution is 2.20. The lowest BCUT2D eigenvalue weighted by Crippen LogP contribution is -2.23. The van der Waals surface area contributed by atoms with E-state index in [4.69, 9.17) is 4.74 Å². The molecule has 0 bridgehead atoms. The van der Waals surface area contributed by atoms with Crippen molar-refractivity contribution in [2.45, 2.75) is 32.2 Å². The Morgan fingerprint density at radius 2 is 2.30 bits per heavy atom. The molecule has 20 heavy (non-hydrogen) atoms. The van der Waals surface area contributed by atoms with Gasteiger partial charge < -0.3 is 10.1 Å². The van der Waals surface area contributed by atoms with Gasteiger partial charge in [0.1, 0.15) is 6.33 Å². The number of nitrogens with one attached hydrogen (secondary N) is 1. The fourth-order valence-electron chi connectivity index (χ4n) is 2.07. The van der Waals surface area contributed by atoms with Gasteiger partial charge in [0.05, 0.1) is 18.8 Å². The van der Waals surface area contributed by atoms with Crippen LogP contribution in [0.5, 0.6) is 5.88 Å². The fourth-order valence-corrected chi connectivity index (χ4v) is 2.78. The number of nitrogens with zero attached hydrogens (tertiary/aromatic N) is 2. The van der Waals surface area contributed by atoms with Crippen molar-refractivity contribution in [2.24, 2.45) is 0 Å². The highest BCUT2D eigenvalue weighted by atomic mass is 32.1. The van der Waals surface area contributed by atoms with Gasteiger partial charge in [0, 0.05) is 6.07 Å². The third kappa shape index (κ3) is 4.28. The van der Waals surface area contributed by atoms with Crippen molar-refractivity contribution in [3.05, 3.63) is 40.5 Å². The van der Waals surface area contributed by atoms with E-state index in [1.807, 2.05) is 6.07 Å². The summed E-state index contributed by atoms with van der Waals surface area (Å²) in [5.41, 5.74) is 2.39. The van der Waals surface area contributed by atoms with Crippen LogP contribution in [0.15, 0.2) is 29.2 Å². The molecule has 4 nitrogen and oxygen atoms in total. The van der Waals surface area contributed by atoms with E-state index in [1.54, 1.807) is 24.8 Å². The van der Waals surface area contributed by atoms with Gasteiger partial charge in [0.2, 0.25) is 5.88 Å². The molecule has 0 fully saturated rings. The van der Waals surface area contributed by atoms with Crippen LogP contribution in [0.2, 0.25) is 0 Å². The normalized spacial score (nSPS) is 12.3. The van der Waals surface area contributed by atoms with Gasteiger partial charge in [0.25, 0.3) is 0 Å². The molecule has 1 N–H and O–H groups in total. The molecule has 0 aliphatic carbocycles. The van der Waals surface area contributed by atoms with Crippen LogP contribution in [0.4, 0.5) is 0 Å². The van der Waals surface area contributed by atoms with Gasteiger partial charge in [0.15, 0.2) is 0 Å². The fraction of sp³-hybridized carbons (Fsp3) is 0.467. The maximum atomic E-state index is 5.18. The standard InChI is InChI=1S/C15H21N3OS/c1-3-7-16-13(5-4-12-6-8-20-10-12)14-9-15(19-2)18-11-17-14/h6,8-11,13,16H,3-5,7H2,1-2H3. The monoisotopic (exact) mass is 291 g/mol. The van der Waals surface area contributed by atoms with Crippen LogP contribution >= 0.6 is 11.3 Å². The van der Waals surface area contributed by atoms with Gasteiger partial charge in [-0.1, -0.05) is 6.92 Å². The summed E-state index contributed by atoms with van der Waals surface area (Å²) in [5.74, 6) is 0.619. The van der Waals surface area contributed by atoms with Gasteiger partial charge in [-0.2, -0.15) is 11.3 Å². The predicted molar refractivity (Wildman–Crippen MR) is 82.3 cm³/mol. The average Bonchev–Trinajstić information content (AvgIpc) is 3.01. The van der Waals surface area contributed by atoms with Crippen molar-refractivity contribution in [1.29, 1.82) is 0 Å². The number of thiophene rings is 1. The summed E-state index contributed by atoms with van der Waals surface area (Å²) < 4.78 is 5.18. The maximum Gasteiger partial charge on any atom is 0.216 e. The van der Waals surface area contributed by atoms with Gasteiger partial charge in [-0.25, -0.2) is 9.97 Å². The zero-order valence-corrected chi connectivity index (χ0v) is 12.8. The number of hydrogen-bond donors (Lipinski definition) is 1. The van der Waals surface area contributed by atoms with Crippen molar-refractivity contribution >= 4 is 11.3 Å². The van der Waals surface area contributed by atoms with Crippen LogP contribution < -0.4 is 10.1 Å². The molecule has 2 aromatic heterocycles. The molecule has 0 aliphatic rings. The summed E-state index contributed by atoms with van der Waals surface area (Å²) in [6.07, 6.45) is 4.75. The molecule has 0 aliphatic heterocycles. The molecular formula is C15H21N3OS. The molecule has 2 aromatic rings. The minimum atomic E-state index is 0.242. The first-order chi connectivity index (χ1) is 9.83. The van der Waals surface area contributed by atoms with E-state index in [2.05, 4.69) is 39.0 Å². The Hall–Kier alpha value is -1.46. The Kier molecular flexibility index (Phi) is 5.95. The SMILES string of the molecule is CCCNC(CCc1ccsc1)c1cc(OC)ncn1. The van der Waals surface area contributed by atoms with Crippen LogP contribution in [-0.4, -0.2) is 23.6 Å². The Morgan fingerprint density at radius 3 is 3.00 bits per heavy atom. The zero-order chi connectivity index (χ0) is 14.2. The molecule has 2 rings (SSSR count). The second kappa shape index (κ2) is 7.97. The van der Waals surface area contributed by atoms with Gasteiger partial charge in [-0.15, -0.1) is 0 Å². The number of rotatable bonds is 8. The first-order valence-corrected chi connectivity index (χ1v) is 7.88. The van der Waals surface area contributed by atoms with Gasteiger partial charge in [-0.05, 0) is 48.2 Å². The highest BCUT2D eigenvalue weighted by Gasteiger charge is 2.13. The molecule has 2 heterocycles. The lowest BCUT2D eigenvalue weighted by atomic mass is 10.0. The Morgan fingerprint density at radius 1 is 1.40 bits per heavy atom. The van der Waals surface area contributed by atoms with E-state index in [9.17, 15) is 0 Å². The predicted octanol–water partition coefficient (Wildman–Crippen LogP) is 3.22. The van der Waals surface area contributed by atoms with Gasteiger partial charge >= 0.3 is 0 Å². The van der Waals surface area contributed by atoms with Crippen LogP contribution in [0.1, 0.15) is 37.1 Å². The Labute approximate surface area is 124 Å². The van der Waals surface area contributed by atoms with Crippen molar-refractivity contribution in [3.8, 4) is 5.88 Å². The third-order valence-corrected chi connectivity index (χ3v) is 3.90. The lowest BCUT2D eigenvalue weighted by molar-refractivity contribution is 0.392. The van der Waals surface area contributed by atoms with Crippen LogP contribution in [0.25, 0.3) is 0 Å². The van der Waals surface area contributed by atoms with E-state index in [-0.39, 0.29) is 6.04 Å². The Balaban J connectivity index is 2.05. The molecule has 108 valence electrons. The number of aryl methyl sites for hydroxylation is 1. The summed E-state index contributed by atoms with van der Waals surface area (Å²) in [6.45, 7) is 3.16. The second-order valence-electron chi connectivity index (χ2n) is 4.66. The van der Waals surface area contributed by atoms with Crippen LogP contribution in [0, 0.1) is 0 Å². The highest BCUT2D eigenvalue weighted by molar-refractivity contribution is 7.07. The minimum absolute atomic E-state index is 0.242. The zero-order valence-electron chi connectivity index (χ0n) is 12.0. The molecule has 0 aromatic carbocycles. The average molecular weight is 291 g/mol. The molecular weight excluding hydrogens is 270 g/mol. The summed E-state index contributed by atoms with van der Waals surface area (Å²) in [5, 5.41) is 7.89. The summed E-state index contributed by atoms with van der Waals surface area (Å²) in [7, 11) is 1.63. The molecule has 1 atom stereocenters. The molecule has 0 amide bonds. The summed E-state index contributed by atoms with van der Waals surface area (Å²) in [4.78, 5) is 8.46. The summed E-state index contributed by atoms with van der Waals surface area (Å²) in [6, 6.07) is 4.34. The van der Waals surface area contributed by atoms with Crippen molar-refractivity contribution in [3.63, 3.8) is 0 Å². The lowest BCUT2D eigenvalue weighted by Gasteiger charge is -2.18. The molecule has 0 spiro atoms. The molecule has 0 radical (unpaired) electrons. The van der Waals surface area contributed by atoms with E-state index >= 15 is 0 Å². The van der Waals surface area contributed by atoms with Crippen molar-refractivity contribution < 1.29 is 4.74 Å². The van der Waals surface area contributed by atoms with Crippen molar-refractivity contribution in [1.82, 2.24) is 15.3 Å². The summed E-state index contributed by atoms with van der Waals surface area (Å²) >= 11 is 1.74. The maximum absolute atomic E-state index is 5.18. The third-order valence-electron chi connectivity index (χ3n) is 3.17. The minimum Gasteiger partial charge on any atom is -0.481 e. The molecule has 0 saturated carbocycles. The quantitative estimate of drug-likeness (QED) is 0.811. The first-order valence-electron chi connectivity index (χ1n) is 6.94. The van der Waals surface area contributed by atoms with E-state index in [0.29, 0.717) is 5.88 Å². The number of hydrogen-bond acceptors (Lipinski definition) is 5. The first kappa shape index (κ1) is 14.9. The number of aromatic nitrogens is 2. The number of ether oxygens (including phenoxy) is 1. The van der Waals surface area contributed by atoms with Crippen LogP contribution in [0.3, 0.4) is 0 Å². The van der Waals surface area contributed by atoms with Crippen molar-refractivity contribution in [2.75, 3.05) is 13.7 Å². The van der Waals surface area contributed by atoms with E-state index in [0.717, 1.165) is 31.5 Å².